The molecule has 0 saturated carbocycles. The molecule has 7 aromatic carbocycles. The molecule has 1 aliphatic carbocycles. The summed E-state index contributed by atoms with van der Waals surface area (Å²) in [6.07, 6.45) is 6.23. The first-order chi connectivity index (χ1) is 27.8. The number of para-hydroxylation sites is 3. The molecule has 0 saturated heterocycles. The first-order valence-corrected chi connectivity index (χ1v) is 19.3. The number of allylic oxidation sites excluding steroid dienone is 2. The summed E-state index contributed by atoms with van der Waals surface area (Å²) in [5, 5.41) is 8.69. The van der Waals surface area contributed by atoms with Gasteiger partial charge in [-0.05, 0) is 84.1 Å². The van der Waals surface area contributed by atoms with E-state index in [-0.39, 0.29) is 6.17 Å². The molecule has 0 radical (unpaired) electrons. The van der Waals surface area contributed by atoms with Crippen LogP contribution in [0.3, 0.4) is 0 Å². The van der Waals surface area contributed by atoms with Gasteiger partial charge in [0, 0.05) is 44.1 Å². The molecule has 266 valence electrons. The Hall–Kier alpha value is -7.24. The van der Waals surface area contributed by atoms with Crippen molar-refractivity contribution >= 4 is 61.0 Å². The number of hydrogen-bond acceptors (Lipinski definition) is 3. The molecule has 1 N–H and O–H groups in total. The van der Waals surface area contributed by atoms with Gasteiger partial charge in [-0.15, -0.1) is 0 Å². The average molecular weight is 720 g/mol. The molecule has 1 aliphatic heterocycles. The second kappa shape index (κ2) is 13.3. The second-order valence-corrected chi connectivity index (χ2v) is 14.6. The van der Waals surface area contributed by atoms with Gasteiger partial charge in [-0.2, -0.15) is 0 Å². The number of aliphatic imine (C=N–C) groups is 2. The van der Waals surface area contributed by atoms with Crippen molar-refractivity contribution in [1.82, 2.24) is 14.5 Å². The van der Waals surface area contributed by atoms with Gasteiger partial charge in [0.15, 0.2) is 5.84 Å². The minimum absolute atomic E-state index is 0.237. The molecule has 3 heterocycles. The van der Waals surface area contributed by atoms with Crippen molar-refractivity contribution in [3.63, 3.8) is 0 Å². The van der Waals surface area contributed by atoms with Crippen LogP contribution in [-0.4, -0.2) is 20.8 Å². The zero-order valence-electron chi connectivity index (χ0n) is 30.7. The van der Waals surface area contributed by atoms with Crippen LogP contribution in [0.25, 0.3) is 66.1 Å². The topological polar surface area (TPSA) is 46.6 Å². The Labute approximate surface area is 324 Å². The Morgan fingerprint density at radius 3 is 1.73 bits per heavy atom. The molecular formula is C51H37N5. The molecule has 0 amide bonds. The Kier molecular flexibility index (Phi) is 7.62. The van der Waals surface area contributed by atoms with Crippen molar-refractivity contribution in [3.8, 4) is 16.8 Å². The van der Waals surface area contributed by atoms with Crippen LogP contribution in [0.1, 0.15) is 30.1 Å². The lowest BCUT2D eigenvalue weighted by atomic mass is 10.00. The van der Waals surface area contributed by atoms with E-state index in [1.807, 2.05) is 24.3 Å². The van der Waals surface area contributed by atoms with Crippen LogP contribution in [0.2, 0.25) is 0 Å². The third-order valence-corrected chi connectivity index (χ3v) is 11.2. The number of amidine groups is 2. The van der Waals surface area contributed by atoms with Gasteiger partial charge in [-0.25, -0.2) is 9.98 Å². The van der Waals surface area contributed by atoms with E-state index in [9.17, 15) is 0 Å². The number of nitrogens with zero attached hydrogens (tertiary/aromatic N) is 4. The summed E-state index contributed by atoms with van der Waals surface area (Å²) >= 11 is 0. The summed E-state index contributed by atoms with van der Waals surface area (Å²) in [6.45, 7) is 0. The van der Waals surface area contributed by atoms with E-state index in [0.29, 0.717) is 0 Å². The van der Waals surface area contributed by atoms with Crippen LogP contribution in [0, 0.1) is 0 Å². The van der Waals surface area contributed by atoms with Crippen molar-refractivity contribution in [1.29, 1.82) is 0 Å². The Bertz CT molecular complexity index is 3090. The van der Waals surface area contributed by atoms with Gasteiger partial charge < -0.3 is 14.5 Å². The molecule has 0 spiro atoms. The van der Waals surface area contributed by atoms with Crippen molar-refractivity contribution in [3.05, 3.63) is 205 Å². The molecular weight excluding hydrogens is 683 g/mol. The minimum Gasteiger partial charge on any atom is -0.344 e. The van der Waals surface area contributed by atoms with E-state index >= 15 is 0 Å². The molecule has 1 unspecified atom stereocenters. The van der Waals surface area contributed by atoms with Gasteiger partial charge in [-0.3, -0.25) is 0 Å². The lowest BCUT2D eigenvalue weighted by Crippen LogP contribution is -2.34. The van der Waals surface area contributed by atoms with E-state index in [4.69, 9.17) is 9.98 Å². The lowest BCUT2D eigenvalue weighted by molar-refractivity contribution is 0.673. The van der Waals surface area contributed by atoms with Crippen LogP contribution in [0.5, 0.6) is 0 Å². The molecule has 5 heteroatoms. The van der Waals surface area contributed by atoms with Gasteiger partial charge in [-0.1, -0.05) is 133 Å². The third-order valence-electron chi connectivity index (χ3n) is 11.2. The normalized spacial score (nSPS) is 15.8. The number of fused-ring (bicyclic) bond motifs is 6. The Morgan fingerprint density at radius 1 is 0.500 bits per heavy atom. The highest BCUT2D eigenvalue weighted by Crippen LogP contribution is 2.39. The maximum atomic E-state index is 5.13. The zero-order chi connectivity index (χ0) is 37.0. The molecule has 11 rings (SSSR count). The molecule has 56 heavy (non-hydrogen) atoms. The highest BCUT2D eigenvalue weighted by atomic mass is 15.2. The number of aromatic nitrogens is 2. The summed E-state index contributed by atoms with van der Waals surface area (Å²) in [5.41, 5.74) is 12.9. The Balaban J connectivity index is 1.01. The van der Waals surface area contributed by atoms with Gasteiger partial charge in [0.05, 0.1) is 22.1 Å². The Morgan fingerprint density at radius 2 is 1.05 bits per heavy atom. The zero-order valence-corrected chi connectivity index (χ0v) is 30.7. The average Bonchev–Trinajstić information content (AvgIpc) is 3.79. The van der Waals surface area contributed by atoms with Gasteiger partial charge in [0.25, 0.3) is 0 Å². The SMILES string of the molecule is C1=C(C2=NC(c3ccccc3)=NC(c3ccccc3)N2)C=C(n2c3ccccc3c3cc(-c4ccc5c(c4)c4ccccc4n5-c4ccccc4)ccc32)CC1. The molecule has 9 aromatic rings. The number of benzene rings is 7. The molecule has 2 aromatic heterocycles. The first kappa shape index (κ1) is 32.2. The van der Waals surface area contributed by atoms with Gasteiger partial charge in [0.1, 0.15) is 12.0 Å². The maximum Gasteiger partial charge on any atom is 0.159 e. The van der Waals surface area contributed by atoms with Crippen LogP contribution < -0.4 is 5.32 Å². The summed E-state index contributed by atoms with van der Waals surface area (Å²) < 4.78 is 4.83. The van der Waals surface area contributed by atoms with Gasteiger partial charge in [0.2, 0.25) is 0 Å². The van der Waals surface area contributed by atoms with E-state index < -0.39 is 0 Å². The highest BCUT2D eigenvalue weighted by Gasteiger charge is 2.24. The monoisotopic (exact) mass is 719 g/mol. The summed E-state index contributed by atoms with van der Waals surface area (Å²) in [6, 6.07) is 62.8. The fraction of sp³-hybridized carbons (Fsp3) is 0.0588. The molecule has 1 atom stereocenters. The molecule has 0 fully saturated rings. The number of hydrogen-bond donors (Lipinski definition) is 1. The van der Waals surface area contributed by atoms with Crippen molar-refractivity contribution in [2.75, 3.05) is 0 Å². The second-order valence-electron chi connectivity index (χ2n) is 14.6. The largest absolute Gasteiger partial charge is 0.344 e. The van der Waals surface area contributed by atoms with Gasteiger partial charge >= 0.3 is 0 Å². The predicted molar refractivity (Wildman–Crippen MR) is 234 cm³/mol. The van der Waals surface area contributed by atoms with E-state index in [1.54, 1.807) is 0 Å². The number of rotatable bonds is 6. The summed E-state index contributed by atoms with van der Waals surface area (Å²) in [7, 11) is 0. The summed E-state index contributed by atoms with van der Waals surface area (Å²) in [4.78, 5) is 10.2. The summed E-state index contributed by atoms with van der Waals surface area (Å²) in [5.74, 6) is 1.58. The fourth-order valence-electron chi connectivity index (χ4n) is 8.62. The van der Waals surface area contributed by atoms with E-state index in [0.717, 1.165) is 41.2 Å². The van der Waals surface area contributed by atoms with Crippen molar-refractivity contribution < 1.29 is 0 Å². The van der Waals surface area contributed by atoms with Crippen LogP contribution in [0.15, 0.2) is 204 Å². The van der Waals surface area contributed by atoms with E-state index in [1.165, 1.54) is 66.1 Å². The molecule has 2 aliphatic rings. The molecule has 0 bridgehead atoms. The standard InChI is InChI=1S/C51H37N5/c1-4-15-34(16-5-1)49-52-50(35-17-6-2-7-18-35)54-51(53-49)38-19-14-22-40(31-38)56-46-26-13-11-24-42(46)44-33-37(28-30-48(44)56)36-27-29-47-43(32-36)41-23-10-12-25-45(41)55(47)39-20-8-3-9-21-39/h1-13,15-21,23-33,49H,14,22H2,(H,52,53,54). The van der Waals surface area contributed by atoms with Crippen molar-refractivity contribution in [2.45, 2.75) is 19.0 Å². The maximum absolute atomic E-state index is 5.13. The van der Waals surface area contributed by atoms with E-state index in [2.05, 4.69) is 178 Å². The van der Waals surface area contributed by atoms with Crippen molar-refractivity contribution in [2.24, 2.45) is 9.98 Å². The highest BCUT2D eigenvalue weighted by molar-refractivity contribution is 6.16. The lowest BCUT2D eigenvalue weighted by Gasteiger charge is -2.26. The predicted octanol–water partition coefficient (Wildman–Crippen LogP) is 12.3. The third kappa shape index (κ3) is 5.39. The minimum atomic E-state index is -0.237. The first-order valence-electron chi connectivity index (χ1n) is 19.3. The smallest absolute Gasteiger partial charge is 0.159 e. The number of nitrogens with one attached hydrogen (secondary N) is 1. The fourth-order valence-corrected chi connectivity index (χ4v) is 8.62. The van der Waals surface area contributed by atoms with Crippen LogP contribution in [0.4, 0.5) is 0 Å². The molecule has 5 nitrogen and oxygen atoms in total. The quantitative estimate of drug-likeness (QED) is 0.183. The van der Waals surface area contributed by atoms with Crippen LogP contribution >= 0.6 is 0 Å². The van der Waals surface area contributed by atoms with Crippen LogP contribution in [-0.2, 0) is 0 Å².